The van der Waals surface area contributed by atoms with Gasteiger partial charge >= 0.3 is 0 Å². The van der Waals surface area contributed by atoms with Crippen LogP contribution in [0.2, 0.25) is 0 Å². The first-order valence-electron chi connectivity index (χ1n) is 6.22. The van der Waals surface area contributed by atoms with Crippen LogP contribution < -0.4 is 11.1 Å². The van der Waals surface area contributed by atoms with E-state index in [0.29, 0.717) is 16.3 Å². The second kappa shape index (κ2) is 5.50. The summed E-state index contributed by atoms with van der Waals surface area (Å²) in [5.41, 5.74) is 7.36. The van der Waals surface area contributed by atoms with Gasteiger partial charge in [-0.1, -0.05) is 21.1 Å². The van der Waals surface area contributed by atoms with Crippen LogP contribution in [-0.4, -0.2) is 11.1 Å². The van der Waals surface area contributed by atoms with E-state index in [1.54, 1.807) is 6.07 Å². The predicted molar refractivity (Wildman–Crippen MR) is 86.3 cm³/mol. The van der Waals surface area contributed by atoms with Crippen molar-refractivity contribution >= 4 is 48.9 Å². The van der Waals surface area contributed by atoms with Gasteiger partial charge < -0.3 is 15.6 Å². The van der Waals surface area contributed by atoms with Gasteiger partial charge in [0.25, 0.3) is 5.91 Å². The van der Waals surface area contributed by atoms with Crippen LogP contribution >= 0.6 is 27.3 Å². The number of aryl methyl sites for hydroxylation is 1. The molecule has 1 aromatic carbocycles. The van der Waals surface area contributed by atoms with Crippen molar-refractivity contribution in [1.82, 2.24) is 10.5 Å². The maximum absolute atomic E-state index is 12.2. The first kappa shape index (κ1) is 14.1. The van der Waals surface area contributed by atoms with Crippen molar-refractivity contribution in [3.05, 3.63) is 45.1 Å². The van der Waals surface area contributed by atoms with Crippen molar-refractivity contribution in [2.75, 3.05) is 5.73 Å². The van der Waals surface area contributed by atoms with Gasteiger partial charge in [-0.3, -0.25) is 4.79 Å². The maximum atomic E-state index is 12.2. The molecule has 0 unspecified atom stereocenters. The lowest BCUT2D eigenvalue weighted by Gasteiger charge is -2.01. The molecule has 3 rings (SSSR count). The van der Waals surface area contributed by atoms with Crippen molar-refractivity contribution < 1.29 is 9.32 Å². The van der Waals surface area contributed by atoms with E-state index in [1.165, 1.54) is 11.3 Å². The lowest BCUT2D eigenvalue weighted by molar-refractivity contribution is 0.0952. The number of rotatable bonds is 3. The molecular weight excluding hydrogens is 354 g/mol. The highest BCUT2D eigenvalue weighted by atomic mass is 79.9. The van der Waals surface area contributed by atoms with E-state index in [-0.39, 0.29) is 12.5 Å². The van der Waals surface area contributed by atoms with E-state index in [0.717, 1.165) is 20.3 Å². The Morgan fingerprint density at radius 3 is 3.00 bits per heavy atom. The van der Waals surface area contributed by atoms with Gasteiger partial charge in [-0.25, -0.2) is 0 Å². The molecule has 0 spiro atoms. The molecule has 3 aromatic rings. The Balaban J connectivity index is 1.82. The molecule has 1 amide bonds. The Morgan fingerprint density at radius 2 is 2.29 bits per heavy atom. The van der Waals surface area contributed by atoms with Crippen molar-refractivity contribution in [3.63, 3.8) is 0 Å². The molecule has 21 heavy (non-hydrogen) atoms. The number of hydrogen-bond donors (Lipinski definition) is 2. The average molecular weight is 366 g/mol. The smallest absolute Gasteiger partial charge is 0.263 e. The standard InChI is InChI=1S/C14H12BrN3O2S/c1-7-4-9(20-18-7)6-17-14(19)13-12(16)10-5-8(15)2-3-11(10)21-13/h2-5H,6,16H2,1H3,(H,17,19). The third kappa shape index (κ3) is 2.79. The molecule has 5 nitrogen and oxygen atoms in total. The highest BCUT2D eigenvalue weighted by Gasteiger charge is 2.16. The van der Waals surface area contributed by atoms with Gasteiger partial charge in [0, 0.05) is 20.6 Å². The van der Waals surface area contributed by atoms with Crippen LogP contribution in [0, 0.1) is 6.92 Å². The quantitative estimate of drug-likeness (QED) is 0.744. The number of thiophene rings is 1. The highest BCUT2D eigenvalue weighted by Crippen LogP contribution is 2.35. The van der Waals surface area contributed by atoms with Gasteiger partial charge in [0.2, 0.25) is 0 Å². The van der Waals surface area contributed by atoms with Gasteiger partial charge in [0.05, 0.1) is 17.9 Å². The minimum atomic E-state index is -0.209. The Hall–Kier alpha value is -1.86. The van der Waals surface area contributed by atoms with Crippen LogP contribution in [0.4, 0.5) is 5.69 Å². The van der Waals surface area contributed by atoms with Crippen molar-refractivity contribution in [2.45, 2.75) is 13.5 Å². The van der Waals surface area contributed by atoms with Gasteiger partial charge in [0.15, 0.2) is 5.76 Å². The summed E-state index contributed by atoms with van der Waals surface area (Å²) in [5, 5.41) is 7.45. The first-order chi connectivity index (χ1) is 10.0. The third-order valence-corrected chi connectivity index (χ3v) is 4.67. The molecule has 2 aromatic heterocycles. The Bertz CT molecular complexity index is 825. The molecule has 2 heterocycles. The Morgan fingerprint density at radius 1 is 1.48 bits per heavy atom. The van der Waals surface area contributed by atoms with Crippen molar-refractivity contribution in [2.24, 2.45) is 0 Å². The SMILES string of the molecule is Cc1cc(CNC(=O)c2sc3ccc(Br)cc3c2N)on1. The fourth-order valence-electron chi connectivity index (χ4n) is 2.00. The molecule has 0 radical (unpaired) electrons. The maximum Gasteiger partial charge on any atom is 0.263 e. The lowest BCUT2D eigenvalue weighted by atomic mass is 10.2. The first-order valence-corrected chi connectivity index (χ1v) is 7.83. The van der Waals surface area contributed by atoms with E-state index >= 15 is 0 Å². The van der Waals surface area contributed by atoms with Crippen LogP contribution in [0.3, 0.4) is 0 Å². The predicted octanol–water partition coefficient (Wildman–Crippen LogP) is 3.47. The number of aromatic nitrogens is 1. The molecule has 0 saturated carbocycles. The van der Waals surface area contributed by atoms with Crippen LogP contribution in [0.15, 0.2) is 33.3 Å². The zero-order chi connectivity index (χ0) is 15.0. The van der Waals surface area contributed by atoms with Crippen LogP contribution in [0.5, 0.6) is 0 Å². The molecule has 7 heteroatoms. The molecule has 0 saturated heterocycles. The lowest BCUT2D eigenvalue weighted by Crippen LogP contribution is -2.22. The minimum absolute atomic E-state index is 0.209. The fourth-order valence-corrected chi connectivity index (χ4v) is 3.39. The van der Waals surface area contributed by atoms with E-state index in [2.05, 4.69) is 26.4 Å². The molecule has 0 fully saturated rings. The monoisotopic (exact) mass is 365 g/mol. The van der Waals surface area contributed by atoms with Gasteiger partial charge in [0.1, 0.15) is 4.88 Å². The summed E-state index contributed by atoms with van der Waals surface area (Å²) in [4.78, 5) is 12.8. The number of amides is 1. The number of carbonyl (C=O) groups is 1. The zero-order valence-electron chi connectivity index (χ0n) is 11.1. The summed E-state index contributed by atoms with van der Waals surface area (Å²) in [7, 11) is 0. The zero-order valence-corrected chi connectivity index (χ0v) is 13.5. The molecule has 0 aliphatic carbocycles. The number of anilines is 1. The minimum Gasteiger partial charge on any atom is -0.397 e. The van der Waals surface area contributed by atoms with Gasteiger partial charge in [-0.05, 0) is 25.1 Å². The molecule has 0 bridgehead atoms. The molecular formula is C14H12BrN3O2S. The molecule has 108 valence electrons. The molecule has 3 N–H and O–H groups in total. The summed E-state index contributed by atoms with van der Waals surface area (Å²) in [6, 6.07) is 7.57. The Labute approximate surface area is 133 Å². The number of nitrogen functional groups attached to an aromatic ring is 1. The van der Waals surface area contributed by atoms with Gasteiger partial charge in [-0.2, -0.15) is 0 Å². The topological polar surface area (TPSA) is 81.2 Å². The normalized spacial score (nSPS) is 11.0. The number of hydrogen-bond acceptors (Lipinski definition) is 5. The third-order valence-electron chi connectivity index (χ3n) is 2.99. The second-order valence-corrected chi connectivity index (χ2v) is 6.57. The number of nitrogens with two attached hydrogens (primary N) is 1. The van der Waals surface area contributed by atoms with Crippen LogP contribution in [-0.2, 0) is 6.54 Å². The largest absolute Gasteiger partial charge is 0.397 e. The molecule has 0 aliphatic heterocycles. The second-order valence-electron chi connectivity index (χ2n) is 4.60. The average Bonchev–Trinajstić information content (AvgIpc) is 3.01. The summed E-state index contributed by atoms with van der Waals surface area (Å²) >= 11 is 4.78. The molecule has 0 atom stereocenters. The number of carbonyl (C=O) groups excluding carboxylic acids is 1. The van der Waals surface area contributed by atoms with Crippen molar-refractivity contribution in [1.29, 1.82) is 0 Å². The number of nitrogens with one attached hydrogen (secondary N) is 1. The summed E-state index contributed by atoms with van der Waals surface area (Å²) in [5.74, 6) is 0.405. The van der Waals surface area contributed by atoms with Crippen molar-refractivity contribution in [3.8, 4) is 0 Å². The number of benzene rings is 1. The fraction of sp³-hybridized carbons (Fsp3) is 0.143. The summed E-state index contributed by atoms with van der Waals surface area (Å²) in [6.45, 7) is 2.12. The van der Waals surface area contributed by atoms with E-state index in [9.17, 15) is 4.79 Å². The van der Waals surface area contributed by atoms with Crippen LogP contribution in [0.1, 0.15) is 21.1 Å². The van der Waals surface area contributed by atoms with E-state index < -0.39 is 0 Å². The number of fused-ring (bicyclic) bond motifs is 1. The van der Waals surface area contributed by atoms with E-state index in [4.69, 9.17) is 10.3 Å². The Kier molecular flexibility index (Phi) is 3.69. The highest BCUT2D eigenvalue weighted by molar-refractivity contribution is 9.10. The summed E-state index contributed by atoms with van der Waals surface area (Å²) in [6.07, 6.45) is 0. The van der Waals surface area contributed by atoms with Gasteiger partial charge in [-0.15, -0.1) is 11.3 Å². The molecule has 0 aliphatic rings. The van der Waals surface area contributed by atoms with Crippen LogP contribution in [0.25, 0.3) is 10.1 Å². The number of halogens is 1. The number of nitrogens with zero attached hydrogens (tertiary/aromatic N) is 1. The summed E-state index contributed by atoms with van der Waals surface area (Å²) < 4.78 is 6.97. The van der Waals surface area contributed by atoms with E-state index in [1.807, 2.05) is 25.1 Å².